The van der Waals surface area contributed by atoms with Crippen LogP contribution in [0.25, 0.3) is 0 Å². The van der Waals surface area contributed by atoms with Gasteiger partial charge in [-0.05, 0) is 88.3 Å². The SMILES string of the molecule is CC(C)(C)OC(=O)N[C@H]1[C@@H](O)CO[C@@H]1CO.C[C@H]1OC[C@H](O)[C@@H]1NC(=O)OC(C)(C)C.Cc1ccc(S(=O)(=O)OC[C@H]2OC[C@H](O)[C@@H]2NC(=O)OC(C)(C)C)cc1. The smallest absolute Gasteiger partial charge is 0.408 e. The highest BCUT2D eigenvalue weighted by atomic mass is 32.2. The normalized spacial score (nSPS) is 27.5. The third-order valence-corrected chi connectivity index (χ3v) is 9.27. The van der Waals surface area contributed by atoms with Crippen LogP contribution in [0.4, 0.5) is 14.4 Å². The predicted molar refractivity (Wildman–Crippen MR) is 204 cm³/mol. The summed E-state index contributed by atoms with van der Waals surface area (Å²) >= 11 is 0. The first-order chi connectivity index (χ1) is 26.1. The van der Waals surface area contributed by atoms with E-state index in [1.807, 2.05) is 6.92 Å². The van der Waals surface area contributed by atoms with E-state index in [4.69, 9.17) is 37.7 Å². The quantitative estimate of drug-likeness (QED) is 0.145. The third-order valence-electron chi connectivity index (χ3n) is 7.97. The number of rotatable bonds is 8. The minimum atomic E-state index is -3.97. The Labute approximate surface area is 335 Å². The first-order valence-corrected chi connectivity index (χ1v) is 20.0. The number of alkyl carbamates (subject to hydrolysis) is 3. The molecule has 0 bridgehead atoms. The van der Waals surface area contributed by atoms with Crippen LogP contribution in [0, 0.1) is 6.92 Å². The number of nitrogens with one attached hydrogen (secondary N) is 3. The van der Waals surface area contributed by atoms with Gasteiger partial charge in [-0.2, -0.15) is 8.42 Å². The summed E-state index contributed by atoms with van der Waals surface area (Å²) in [7, 11) is -3.97. The third kappa shape index (κ3) is 18.0. The van der Waals surface area contributed by atoms with Gasteiger partial charge in [0, 0.05) is 0 Å². The van der Waals surface area contributed by atoms with Gasteiger partial charge in [-0.25, -0.2) is 14.4 Å². The second kappa shape index (κ2) is 21.1. The summed E-state index contributed by atoms with van der Waals surface area (Å²) in [4.78, 5) is 34.8. The highest BCUT2D eigenvalue weighted by Gasteiger charge is 2.40. The molecule has 0 spiro atoms. The fourth-order valence-corrected chi connectivity index (χ4v) is 6.21. The lowest BCUT2D eigenvalue weighted by atomic mass is 10.1. The number of ether oxygens (including phenoxy) is 6. The molecule has 57 heavy (non-hydrogen) atoms. The van der Waals surface area contributed by atoms with E-state index in [0.29, 0.717) is 0 Å². The van der Waals surface area contributed by atoms with E-state index < -0.39 is 87.8 Å². The van der Waals surface area contributed by atoms with Crippen LogP contribution in [0.1, 0.15) is 74.8 Å². The first kappa shape index (κ1) is 49.8. The topological polar surface area (TPSA) is 267 Å². The Morgan fingerprint density at radius 3 is 1.42 bits per heavy atom. The van der Waals surface area contributed by atoms with E-state index in [9.17, 15) is 38.1 Å². The van der Waals surface area contributed by atoms with E-state index >= 15 is 0 Å². The van der Waals surface area contributed by atoms with Crippen LogP contribution < -0.4 is 16.0 Å². The van der Waals surface area contributed by atoms with Gasteiger partial charge in [0.25, 0.3) is 10.1 Å². The van der Waals surface area contributed by atoms with Gasteiger partial charge >= 0.3 is 18.3 Å². The van der Waals surface area contributed by atoms with Crippen LogP contribution in [0.15, 0.2) is 29.2 Å². The molecule has 19 nitrogen and oxygen atoms in total. The Kier molecular flexibility index (Phi) is 18.4. The lowest BCUT2D eigenvalue weighted by molar-refractivity contribution is 0.0319. The van der Waals surface area contributed by atoms with Crippen molar-refractivity contribution in [1.82, 2.24) is 16.0 Å². The van der Waals surface area contributed by atoms with Crippen LogP contribution in [-0.4, -0.2) is 152 Å². The average molecular weight is 838 g/mol. The number of hydrogen-bond acceptors (Lipinski definition) is 16. The number of aliphatic hydroxyl groups excluding tert-OH is 4. The minimum absolute atomic E-state index is 0.0262. The summed E-state index contributed by atoms with van der Waals surface area (Å²) in [5.74, 6) is 0. The van der Waals surface area contributed by atoms with E-state index in [0.717, 1.165) is 5.56 Å². The second-order valence-corrected chi connectivity index (χ2v) is 18.3. The lowest BCUT2D eigenvalue weighted by Gasteiger charge is -2.25. The van der Waals surface area contributed by atoms with Crippen molar-refractivity contribution in [2.75, 3.05) is 33.0 Å². The molecule has 3 aliphatic heterocycles. The Morgan fingerprint density at radius 1 is 0.667 bits per heavy atom. The lowest BCUT2D eigenvalue weighted by Crippen LogP contribution is -2.49. The summed E-state index contributed by atoms with van der Waals surface area (Å²) in [6.07, 6.45) is -5.92. The fourth-order valence-electron chi connectivity index (χ4n) is 5.30. The fraction of sp³-hybridized carbons (Fsp3) is 0.757. The van der Waals surface area contributed by atoms with Gasteiger partial charge in [-0.3, -0.25) is 4.18 Å². The van der Waals surface area contributed by atoms with Crippen LogP contribution >= 0.6 is 0 Å². The van der Waals surface area contributed by atoms with Gasteiger partial charge in [0.05, 0.1) is 62.2 Å². The van der Waals surface area contributed by atoms with Crippen molar-refractivity contribution in [2.45, 2.75) is 153 Å². The van der Waals surface area contributed by atoms with Gasteiger partial charge in [-0.15, -0.1) is 0 Å². The van der Waals surface area contributed by atoms with Crippen molar-refractivity contribution in [3.8, 4) is 0 Å². The standard InChI is InChI=1S/C17H25NO7S.C10H19NO5.C10H19NO4/c1-11-5-7-12(8-6-11)26(21,22)24-10-14-15(13(19)9-23-14)18-16(20)25-17(2,3)4;1-10(2,3)16-9(14)11-8-6(13)5-15-7(8)4-12;1-6-8(7(12)5-14-6)11-9(13)15-10(2,3)4/h5-8,13-15,19H,9-10H2,1-4H3,(H,18,20);6-8,12-13H,4-5H2,1-3H3,(H,11,14);6-8,12H,5H2,1-4H3,(H,11,13)/t13-,14+,15-;2*6-,7+,8-/m001/s1. The van der Waals surface area contributed by atoms with E-state index in [-0.39, 0.29) is 50.1 Å². The van der Waals surface area contributed by atoms with Gasteiger partial charge in [0.1, 0.15) is 47.3 Å². The molecule has 3 heterocycles. The van der Waals surface area contributed by atoms with Crippen molar-refractivity contribution in [2.24, 2.45) is 0 Å². The number of hydrogen-bond donors (Lipinski definition) is 7. The van der Waals surface area contributed by atoms with Crippen LogP contribution in [0.5, 0.6) is 0 Å². The number of benzene rings is 1. The molecule has 1 aromatic rings. The van der Waals surface area contributed by atoms with Crippen molar-refractivity contribution >= 4 is 28.4 Å². The summed E-state index contributed by atoms with van der Waals surface area (Å²) in [5, 5.41) is 45.6. The Balaban J connectivity index is 0.000000313. The number of carbonyl (C=O) groups excluding carboxylic acids is 3. The Bertz CT molecular complexity index is 1530. The highest BCUT2D eigenvalue weighted by Crippen LogP contribution is 2.20. The van der Waals surface area contributed by atoms with Crippen molar-refractivity contribution in [3.05, 3.63) is 29.8 Å². The van der Waals surface area contributed by atoms with Crippen molar-refractivity contribution < 1.29 is 75.8 Å². The highest BCUT2D eigenvalue weighted by molar-refractivity contribution is 7.86. The van der Waals surface area contributed by atoms with Crippen molar-refractivity contribution in [3.63, 3.8) is 0 Å². The molecular formula is C37H63N3O16S. The molecular weight excluding hydrogens is 774 g/mol. The number of carbonyl (C=O) groups is 3. The molecule has 0 unspecified atom stereocenters. The number of amides is 3. The molecule has 0 saturated carbocycles. The maximum atomic E-state index is 12.2. The molecule has 9 atom stereocenters. The van der Waals surface area contributed by atoms with Gasteiger partial charge in [0.2, 0.25) is 0 Å². The summed E-state index contributed by atoms with van der Waals surface area (Å²) in [5.41, 5.74) is -0.899. The predicted octanol–water partition coefficient (Wildman–Crippen LogP) is 1.64. The molecule has 4 rings (SSSR count). The summed E-state index contributed by atoms with van der Waals surface area (Å²) in [6, 6.07) is 4.38. The van der Waals surface area contributed by atoms with E-state index in [2.05, 4.69) is 16.0 Å². The zero-order chi connectivity index (χ0) is 43.5. The largest absolute Gasteiger partial charge is 0.444 e. The number of aliphatic hydroxyl groups is 4. The average Bonchev–Trinajstić information content (AvgIpc) is 3.69. The zero-order valence-electron chi connectivity index (χ0n) is 34.6. The molecule has 3 amide bonds. The maximum Gasteiger partial charge on any atom is 0.408 e. The van der Waals surface area contributed by atoms with Crippen LogP contribution in [-0.2, 0) is 42.7 Å². The van der Waals surface area contributed by atoms with Crippen LogP contribution in [0.3, 0.4) is 0 Å². The Hall–Kier alpha value is -3.34. The molecule has 0 aromatic heterocycles. The minimum Gasteiger partial charge on any atom is -0.444 e. The monoisotopic (exact) mass is 837 g/mol. The molecule has 3 saturated heterocycles. The molecule has 0 radical (unpaired) electrons. The van der Waals surface area contributed by atoms with Crippen LogP contribution in [0.2, 0.25) is 0 Å². The second-order valence-electron chi connectivity index (χ2n) is 16.7. The molecule has 1 aromatic carbocycles. The first-order valence-electron chi connectivity index (χ1n) is 18.5. The summed E-state index contributed by atoms with van der Waals surface area (Å²) in [6.45, 7) is 19.1. The number of aryl methyl sites for hydroxylation is 1. The molecule has 3 aliphatic rings. The van der Waals surface area contributed by atoms with Gasteiger partial charge in [0.15, 0.2) is 0 Å². The van der Waals surface area contributed by atoms with Gasteiger partial charge < -0.3 is 64.8 Å². The Morgan fingerprint density at radius 2 is 1.04 bits per heavy atom. The van der Waals surface area contributed by atoms with Crippen molar-refractivity contribution in [1.29, 1.82) is 0 Å². The molecule has 3 fully saturated rings. The molecule has 328 valence electrons. The van der Waals surface area contributed by atoms with Gasteiger partial charge in [-0.1, -0.05) is 17.7 Å². The van der Waals surface area contributed by atoms with E-state index in [1.54, 1.807) is 81.4 Å². The zero-order valence-corrected chi connectivity index (χ0v) is 35.5. The van der Waals surface area contributed by atoms with E-state index in [1.165, 1.54) is 12.1 Å². The molecule has 0 aliphatic carbocycles. The summed E-state index contributed by atoms with van der Waals surface area (Å²) < 4.78 is 60.4. The molecule has 20 heteroatoms. The maximum absolute atomic E-state index is 12.2. The molecule has 7 N–H and O–H groups in total.